The van der Waals surface area contributed by atoms with E-state index in [2.05, 4.69) is 11.4 Å². The van der Waals surface area contributed by atoms with E-state index in [-0.39, 0.29) is 0 Å². The van der Waals surface area contributed by atoms with Gasteiger partial charge in [0.05, 0.1) is 11.6 Å². The van der Waals surface area contributed by atoms with Crippen LogP contribution in [0.25, 0.3) is 0 Å². The molecular formula is C14H19ClN2O2. The van der Waals surface area contributed by atoms with E-state index in [0.29, 0.717) is 23.8 Å². The molecular weight excluding hydrogens is 264 g/mol. The highest BCUT2D eigenvalue weighted by atomic mass is 35.5. The lowest BCUT2D eigenvalue weighted by molar-refractivity contribution is 0.199. The van der Waals surface area contributed by atoms with Gasteiger partial charge in [0.25, 0.3) is 0 Å². The number of nitrogens with one attached hydrogen (secondary N) is 1. The van der Waals surface area contributed by atoms with Crippen LogP contribution in [0.15, 0.2) is 18.2 Å². The van der Waals surface area contributed by atoms with Crippen LogP contribution < -0.4 is 10.1 Å². The van der Waals surface area contributed by atoms with E-state index >= 15 is 0 Å². The summed E-state index contributed by atoms with van der Waals surface area (Å²) in [5.41, 5.74) is 1.07. The summed E-state index contributed by atoms with van der Waals surface area (Å²) in [6, 6.07) is 7.67. The van der Waals surface area contributed by atoms with Gasteiger partial charge in [-0.15, -0.1) is 0 Å². The molecule has 1 atom stereocenters. The molecule has 0 aromatic heterocycles. The molecule has 5 heteroatoms. The minimum absolute atomic E-state index is 0.455. The molecule has 4 nitrogen and oxygen atoms in total. The smallest absolute Gasteiger partial charge is 0.184 e. The van der Waals surface area contributed by atoms with Gasteiger partial charge in [-0.1, -0.05) is 24.6 Å². The molecule has 1 rings (SSSR count). The molecule has 0 spiro atoms. The minimum Gasteiger partial charge on any atom is -0.474 e. The molecule has 0 radical (unpaired) electrons. The van der Waals surface area contributed by atoms with Crippen LogP contribution in [0.5, 0.6) is 5.75 Å². The lowest BCUT2D eigenvalue weighted by Crippen LogP contribution is -2.18. The largest absolute Gasteiger partial charge is 0.474 e. The number of methoxy groups -OCH3 is 1. The molecule has 1 unspecified atom stereocenters. The van der Waals surface area contributed by atoms with E-state index in [1.54, 1.807) is 13.2 Å². The lowest BCUT2D eigenvalue weighted by Gasteiger charge is -2.13. The summed E-state index contributed by atoms with van der Waals surface area (Å²) in [7, 11) is 1.67. The summed E-state index contributed by atoms with van der Waals surface area (Å²) in [5, 5.41) is 12.6. The zero-order chi connectivity index (χ0) is 14.1. The summed E-state index contributed by atoms with van der Waals surface area (Å²) >= 11 is 6.14. The fourth-order valence-corrected chi connectivity index (χ4v) is 1.76. The summed E-state index contributed by atoms with van der Waals surface area (Å²) in [6.07, 6.45) is 0.177. The van der Waals surface area contributed by atoms with Crippen molar-refractivity contribution in [3.05, 3.63) is 28.8 Å². The fourth-order valence-electron chi connectivity index (χ4n) is 1.51. The molecule has 0 saturated carbocycles. The second-order valence-corrected chi connectivity index (χ2v) is 4.49. The van der Waals surface area contributed by atoms with Gasteiger partial charge in [0.2, 0.25) is 0 Å². The van der Waals surface area contributed by atoms with E-state index in [1.165, 1.54) is 0 Å². The Kier molecular flexibility index (Phi) is 7.27. The molecule has 0 aliphatic heterocycles. The van der Waals surface area contributed by atoms with Crippen LogP contribution in [-0.4, -0.2) is 26.4 Å². The van der Waals surface area contributed by atoms with Crippen molar-refractivity contribution in [1.82, 2.24) is 5.32 Å². The first-order valence-corrected chi connectivity index (χ1v) is 6.63. The molecule has 1 N–H and O–H groups in total. The lowest BCUT2D eigenvalue weighted by atomic mass is 10.2. The number of halogens is 1. The van der Waals surface area contributed by atoms with E-state index in [0.717, 1.165) is 18.7 Å². The third kappa shape index (κ3) is 5.48. The Morgan fingerprint density at radius 2 is 2.26 bits per heavy atom. The van der Waals surface area contributed by atoms with Crippen molar-refractivity contribution in [2.75, 3.05) is 20.3 Å². The Morgan fingerprint density at radius 1 is 1.47 bits per heavy atom. The van der Waals surface area contributed by atoms with Crippen LogP contribution in [-0.2, 0) is 11.3 Å². The third-order valence-electron chi connectivity index (χ3n) is 2.59. The highest BCUT2D eigenvalue weighted by Gasteiger charge is 2.09. The summed E-state index contributed by atoms with van der Waals surface area (Å²) < 4.78 is 10.5. The predicted molar refractivity (Wildman–Crippen MR) is 75.4 cm³/mol. The Hall–Kier alpha value is -1.28. The molecule has 0 fully saturated rings. The molecule has 1 aromatic rings. The van der Waals surface area contributed by atoms with Crippen molar-refractivity contribution in [3.63, 3.8) is 0 Å². The van der Waals surface area contributed by atoms with Gasteiger partial charge < -0.3 is 14.8 Å². The number of ether oxygens (including phenoxy) is 2. The Morgan fingerprint density at radius 3 is 2.84 bits per heavy atom. The first-order valence-electron chi connectivity index (χ1n) is 6.25. The molecule has 1 aromatic carbocycles. The standard InChI is InChI=1S/C14H19ClN2O2/c1-3-12(9-16)19-14-5-4-11(8-13(14)15)10-17-6-7-18-2/h4-5,8,12,17H,3,6-7,10H2,1-2H3. The van der Waals surface area contributed by atoms with E-state index in [1.807, 2.05) is 19.1 Å². The van der Waals surface area contributed by atoms with Gasteiger partial charge in [0.1, 0.15) is 11.8 Å². The monoisotopic (exact) mass is 282 g/mol. The number of nitrogens with zero attached hydrogens (tertiary/aromatic N) is 1. The molecule has 19 heavy (non-hydrogen) atoms. The number of benzene rings is 1. The van der Waals surface area contributed by atoms with Crippen LogP contribution in [0, 0.1) is 11.3 Å². The second-order valence-electron chi connectivity index (χ2n) is 4.08. The molecule has 0 aliphatic rings. The molecule has 0 amide bonds. The maximum atomic E-state index is 8.86. The zero-order valence-corrected chi connectivity index (χ0v) is 12.0. The minimum atomic E-state index is -0.455. The second kappa shape index (κ2) is 8.76. The summed E-state index contributed by atoms with van der Waals surface area (Å²) in [6.45, 7) is 4.09. The van der Waals surface area contributed by atoms with Gasteiger partial charge in [0, 0.05) is 20.2 Å². The molecule has 104 valence electrons. The van der Waals surface area contributed by atoms with Crippen LogP contribution in [0.4, 0.5) is 0 Å². The molecule has 0 saturated heterocycles. The zero-order valence-electron chi connectivity index (χ0n) is 11.3. The van der Waals surface area contributed by atoms with Crippen LogP contribution in [0.3, 0.4) is 0 Å². The quantitative estimate of drug-likeness (QED) is 0.745. The van der Waals surface area contributed by atoms with Crippen LogP contribution in [0.2, 0.25) is 5.02 Å². The highest BCUT2D eigenvalue weighted by molar-refractivity contribution is 6.32. The summed E-state index contributed by atoms with van der Waals surface area (Å²) in [4.78, 5) is 0. The number of rotatable bonds is 8. The Bertz CT molecular complexity index is 432. The molecule has 0 bridgehead atoms. The summed E-state index contributed by atoms with van der Waals surface area (Å²) in [5.74, 6) is 0.552. The maximum absolute atomic E-state index is 8.86. The van der Waals surface area contributed by atoms with Crippen molar-refractivity contribution in [3.8, 4) is 11.8 Å². The first kappa shape index (κ1) is 15.8. The number of hydrogen-bond acceptors (Lipinski definition) is 4. The van der Waals surface area contributed by atoms with Gasteiger partial charge in [-0.3, -0.25) is 0 Å². The van der Waals surface area contributed by atoms with Crippen molar-refractivity contribution in [1.29, 1.82) is 5.26 Å². The Balaban J connectivity index is 2.57. The van der Waals surface area contributed by atoms with Gasteiger partial charge in [-0.25, -0.2) is 0 Å². The Labute approximate surface area is 119 Å². The predicted octanol–water partition coefficient (Wildman–Crippen LogP) is 2.76. The van der Waals surface area contributed by atoms with E-state index < -0.39 is 6.10 Å². The maximum Gasteiger partial charge on any atom is 0.184 e. The van der Waals surface area contributed by atoms with Crippen molar-refractivity contribution in [2.45, 2.75) is 26.0 Å². The van der Waals surface area contributed by atoms with Crippen molar-refractivity contribution < 1.29 is 9.47 Å². The van der Waals surface area contributed by atoms with Gasteiger partial charge >= 0.3 is 0 Å². The normalized spacial score (nSPS) is 11.9. The highest BCUT2D eigenvalue weighted by Crippen LogP contribution is 2.26. The van der Waals surface area contributed by atoms with E-state index in [4.69, 9.17) is 26.3 Å². The van der Waals surface area contributed by atoms with Gasteiger partial charge in [0.15, 0.2) is 6.10 Å². The molecule has 0 heterocycles. The number of nitriles is 1. The average molecular weight is 283 g/mol. The average Bonchev–Trinajstić information content (AvgIpc) is 2.43. The van der Waals surface area contributed by atoms with E-state index in [9.17, 15) is 0 Å². The van der Waals surface area contributed by atoms with Crippen LogP contribution >= 0.6 is 11.6 Å². The SMILES string of the molecule is CCC(C#N)Oc1ccc(CNCCOC)cc1Cl. The first-order chi connectivity index (χ1) is 9.21. The fraction of sp³-hybridized carbons (Fsp3) is 0.500. The topological polar surface area (TPSA) is 54.3 Å². The van der Waals surface area contributed by atoms with Gasteiger partial charge in [-0.05, 0) is 24.1 Å². The number of hydrogen-bond donors (Lipinski definition) is 1. The molecule has 0 aliphatic carbocycles. The van der Waals surface area contributed by atoms with Crippen LogP contribution in [0.1, 0.15) is 18.9 Å². The van der Waals surface area contributed by atoms with Crippen molar-refractivity contribution >= 4 is 11.6 Å². The van der Waals surface area contributed by atoms with Crippen molar-refractivity contribution in [2.24, 2.45) is 0 Å². The third-order valence-corrected chi connectivity index (χ3v) is 2.89. The van der Waals surface area contributed by atoms with Gasteiger partial charge in [-0.2, -0.15) is 5.26 Å².